The van der Waals surface area contributed by atoms with Crippen LogP contribution in [0.5, 0.6) is 0 Å². The van der Waals surface area contributed by atoms with E-state index in [9.17, 15) is 4.79 Å². The fourth-order valence-corrected chi connectivity index (χ4v) is 4.33. The van der Waals surface area contributed by atoms with Crippen LogP contribution in [0.1, 0.15) is 32.1 Å². The number of carbonyl (C=O) groups excluding carboxylic acids is 1. The molecule has 1 fully saturated rings. The summed E-state index contributed by atoms with van der Waals surface area (Å²) in [7, 11) is 0. The van der Waals surface area contributed by atoms with Gasteiger partial charge in [-0.1, -0.05) is 43.7 Å². The summed E-state index contributed by atoms with van der Waals surface area (Å²) in [6, 6.07) is 10.1. The number of fused-ring (bicyclic) bond motifs is 3. The van der Waals surface area contributed by atoms with Crippen LogP contribution >= 0.6 is 0 Å². The normalized spacial score (nSPS) is 16.1. The number of Topliss-reactive ketones (excluding diaryl/α,β-unsaturated/α-hetero) is 1. The van der Waals surface area contributed by atoms with E-state index in [1.54, 1.807) is 10.8 Å². The van der Waals surface area contributed by atoms with Crippen LogP contribution in [0.4, 0.5) is 5.82 Å². The minimum Gasteiger partial charge on any atom is -0.378 e. The largest absolute Gasteiger partial charge is 0.378 e. The maximum Gasteiger partial charge on any atom is 0.253 e. The number of ketones is 1. The zero-order valence-electron chi connectivity index (χ0n) is 20.1. The summed E-state index contributed by atoms with van der Waals surface area (Å²) in [5.41, 5.74) is 6.06. The molecule has 3 aromatic rings. The molecule has 0 saturated carbocycles. The van der Waals surface area contributed by atoms with Gasteiger partial charge in [0.1, 0.15) is 5.82 Å². The number of nitrogens with zero attached hydrogens (tertiary/aromatic N) is 5. The van der Waals surface area contributed by atoms with Crippen molar-refractivity contribution in [2.75, 3.05) is 31.2 Å². The first kappa shape index (κ1) is 22.8. The standard InChI is InChI=1S/C26H20N5O2.C2H6.H2/c1-3-23(32)19-15-22-24(20-14-18(19)20)25(30-9-11-33-12-10-30)28-26(27-22)31-8-7-21(29-31)17-6-4-5-16(2)13-17;1-2;/h1,4-8,13-15H,9-12H2,2H3;1-2H3;1H. The molecule has 0 atom stereocenters. The number of aryl methyl sites for hydroxylation is 1. The summed E-state index contributed by atoms with van der Waals surface area (Å²) in [5, 5.41) is 4.74. The molecular formula is C28H28N5O2. The van der Waals surface area contributed by atoms with E-state index in [1.165, 1.54) is 5.56 Å². The van der Waals surface area contributed by atoms with Crippen LogP contribution < -0.4 is 4.90 Å². The first-order chi connectivity index (χ1) is 17.1. The fraction of sp³-hybridized carbons (Fsp3) is 0.250. The quantitative estimate of drug-likeness (QED) is 0.424. The number of benzene rings is 1. The second kappa shape index (κ2) is 9.32. The predicted octanol–water partition coefficient (Wildman–Crippen LogP) is 4.21. The lowest BCUT2D eigenvalue weighted by Crippen LogP contribution is -2.38. The van der Waals surface area contributed by atoms with Gasteiger partial charge in [-0.2, -0.15) is 10.1 Å². The summed E-state index contributed by atoms with van der Waals surface area (Å²) in [4.78, 5) is 24.2. The number of anilines is 1. The molecule has 0 N–H and O–H groups in total. The van der Waals surface area contributed by atoms with Crippen molar-refractivity contribution in [3.05, 3.63) is 76.5 Å². The molecule has 1 aromatic carbocycles. The Morgan fingerprint density at radius 2 is 1.94 bits per heavy atom. The van der Waals surface area contributed by atoms with Crippen molar-refractivity contribution in [1.29, 1.82) is 0 Å². The Kier molecular flexibility index (Phi) is 6.06. The summed E-state index contributed by atoms with van der Waals surface area (Å²) >= 11 is 0. The molecule has 0 amide bonds. The molecule has 3 heterocycles. The maximum atomic E-state index is 12.3. The van der Waals surface area contributed by atoms with Crippen LogP contribution in [0.15, 0.2) is 53.8 Å². The van der Waals surface area contributed by atoms with E-state index in [2.05, 4.69) is 29.9 Å². The van der Waals surface area contributed by atoms with Gasteiger partial charge < -0.3 is 9.64 Å². The minimum atomic E-state index is -0.337. The van der Waals surface area contributed by atoms with E-state index in [-0.39, 0.29) is 7.21 Å². The molecule has 2 aromatic heterocycles. The molecule has 6 rings (SSSR count). The van der Waals surface area contributed by atoms with Gasteiger partial charge in [0, 0.05) is 37.4 Å². The zero-order chi connectivity index (χ0) is 24.5. The highest BCUT2D eigenvalue weighted by Crippen LogP contribution is 2.51. The number of hydrogen-bond donors (Lipinski definition) is 0. The van der Waals surface area contributed by atoms with Gasteiger partial charge in [0.05, 0.1) is 30.5 Å². The van der Waals surface area contributed by atoms with Gasteiger partial charge in [0.2, 0.25) is 5.78 Å². The highest BCUT2D eigenvalue weighted by Gasteiger charge is 2.41. The van der Waals surface area contributed by atoms with Gasteiger partial charge in [-0.3, -0.25) is 4.79 Å². The Balaban J connectivity index is 0.000000990. The molecule has 1 saturated heterocycles. The third-order valence-electron chi connectivity index (χ3n) is 6.04. The number of ether oxygens (including phenoxy) is 1. The number of allylic oxidation sites excluding steroid dienone is 3. The van der Waals surface area contributed by atoms with E-state index < -0.39 is 0 Å². The van der Waals surface area contributed by atoms with Crippen molar-refractivity contribution in [3.63, 3.8) is 0 Å². The van der Waals surface area contributed by atoms with Gasteiger partial charge in [-0.05, 0) is 36.6 Å². The monoisotopic (exact) mass is 466 g/mol. The molecule has 0 bridgehead atoms. The van der Waals surface area contributed by atoms with Crippen molar-refractivity contribution in [2.45, 2.75) is 20.8 Å². The topological polar surface area (TPSA) is 73.1 Å². The van der Waals surface area contributed by atoms with Gasteiger partial charge >= 0.3 is 0 Å². The molecule has 7 heteroatoms. The average Bonchev–Trinajstić information content (AvgIpc) is 3.55. The van der Waals surface area contributed by atoms with Gasteiger partial charge in [-0.15, -0.1) is 6.42 Å². The van der Waals surface area contributed by atoms with Crippen LogP contribution in [-0.2, 0) is 9.53 Å². The highest BCUT2D eigenvalue weighted by atomic mass is 16.5. The Bertz CT molecular complexity index is 1410. The molecule has 1 radical (unpaired) electrons. The first-order valence-corrected chi connectivity index (χ1v) is 11.8. The average molecular weight is 467 g/mol. The molecule has 35 heavy (non-hydrogen) atoms. The van der Waals surface area contributed by atoms with E-state index in [0.29, 0.717) is 30.4 Å². The molecule has 0 spiro atoms. The van der Waals surface area contributed by atoms with Gasteiger partial charge in [0.25, 0.3) is 5.95 Å². The lowest BCUT2D eigenvalue weighted by Gasteiger charge is -2.31. The molecule has 7 nitrogen and oxygen atoms in total. The predicted molar refractivity (Wildman–Crippen MR) is 138 cm³/mol. The Morgan fingerprint density at radius 1 is 1.14 bits per heavy atom. The highest BCUT2D eigenvalue weighted by molar-refractivity contribution is 6.17. The van der Waals surface area contributed by atoms with Crippen molar-refractivity contribution in [2.24, 2.45) is 0 Å². The number of aromatic nitrogens is 4. The van der Waals surface area contributed by atoms with E-state index in [4.69, 9.17) is 26.2 Å². The lowest BCUT2D eigenvalue weighted by molar-refractivity contribution is -0.110. The molecule has 177 valence electrons. The Morgan fingerprint density at radius 3 is 2.69 bits per heavy atom. The summed E-state index contributed by atoms with van der Waals surface area (Å²) in [5.74, 6) is 4.15. The Hall–Kier alpha value is -4.02. The smallest absolute Gasteiger partial charge is 0.253 e. The zero-order valence-corrected chi connectivity index (χ0v) is 20.1. The number of hydrogen-bond acceptors (Lipinski definition) is 6. The van der Waals surface area contributed by atoms with Crippen LogP contribution in [0, 0.1) is 25.2 Å². The molecule has 3 aliphatic rings. The number of terminal acetylenes is 1. The second-order valence-electron chi connectivity index (χ2n) is 8.23. The van der Waals surface area contributed by atoms with E-state index in [1.807, 2.05) is 44.3 Å². The van der Waals surface area contributed by atoms with Crippen LogP contribution in [0.3, 0.4) is 0 Å². The minimum absolute atomic E-state index is 0. The van der Waals surface area contributed by atoms with Crippen molar-refractivity contribution >= 4 is 17.7 Å². The van der Waals surface area contributed by atoms with Crippen molar-refractivity contribution in [3.8, 4) is 29.5 Å². The van der Waals surface area contributed by atoms with E-state index in [0.717, 1.165) is 47.2 Å². The first-order valence-electron chi connectivity index (χ1n) is 11.8. The third kappa shape index (κ3) is 4.17. The van der Waals surface area contributed by atoms with Crippen LogP contribution in [0.25, 0.3) is 23.3 Å². The molecule has 1 aliphatic heterocycles. The summed E-state index contributed by atoms with van der Waals surface area (Å²) in [6.45, 7) is 8.80. The summed E-state index contributed by atoms with van der Waals surface area (Å²) in [6.07, 6.45) is 11.0. The third-order valence-corrected chi connectivity index (χ3v) is 6.04. The number of rotatable bonds is 4. The van der Waals surface area contributed by atoms with Crippen molar-refractivity contribution in [1.82, 2.24) is 19.7 Å². The lowest BCUT2D eigenvalue weighted by atomic mass is 9.92. The van der Waals surface area contributed by atoms with Gasteiger partial charge in [-0.25, -0.2) is 9.67 Å². The number of carbonyl (C=O) groups is 1. The van der Waals surface area contributed by atoms with Crippen LogP contribution in [-0.4, -0.2) is 51.8 Å². The maximum absolute atomic E-state index is 12.3. The van der Waals surface area contributed by atoms with Crippen molar-refractivity contribution < 1.29 is 11.0 Å². The molecule has 0 unspecified atom stereocenters. The van der Waals surface area contributed by atoms with Crippen LogP contribution in [0.2, 0.25) is 0 Å². The Labute approximate surface area is 206 Å². The van der Waals surface area contributed by atoms with E-state index >= 15 is 0 Å². The fourth-order valence-electron chi connectivity index (χ4n) is 4.33. The van der Waals surface area contributed by atoms with Gasteiger partial charge in [0.15, 0.2) is 0 Å². The SMILES string of the molecule is C#CC(=O)C1=Cc2nc(-n3ccc(-c4cccc(C)c4)n3)nc(N3CCOCC3)c2[C]2C=C21.CC.[HH]. The summed E-state index contributed by atoms with van der Waals surface area (Å²) < 4.78 is 7.22. The second-order valence-corrected chi connectivity index (χ2v) is 8.23. The molecule has 2 aliphatic carbocycles. The number of morpholine rings is 1. The molecular weight excluding hydrogens is 438 g/mol.